The minimum Gasteiger partial charge on any atom is -0.507 e. The van der Waals surface area contributed by atoms with Gasteiger partial charge in [-0.25, -0.2) is 9.59 Å². The highest BCUT2D eigenvalue weighted by Crippen LogP contribution is 2.44. The van der Waals surface area contributed by atoms with Crippen LogP contribution in [0.3, 0.4) is 0 Å². The maximum Gasteiger partial charge on any atom is 0.342 e. The van der Waals surface area contributed by atoms with Crippen LogP contribution in [-0.2, 0) is 35.1 Å². The van der Waals surface area contributed by atoms with Crippen LogP contribution in [0.25, 0.3) is 0 Å². The van der Waals surface area contributed by atoms with Crippen LogP contribution >= 0.6 is 23.4 Å². The molecule has 0 radical (unpaired) electrons. The topological polar surface area (TPSA) is 206 Å². The minimum atomic E-state index is -0.765. The van der Waals surface area contributed by atoms with Gasteiger partial charge in [0, 0.05) is 43.0 Å². The molecule has 1 saturated carbocycles. The SMILES string of the molecule is C[C@@H]1C[C@H]2C[C@@H]2/C=C\C=C\C(=NOCC(=O)NCCOCCOCCNC(=O)CCCC[C@@H]2SC[C@@H]3NC(=O)N[C@@H]32)Cc2c(Cl)c(O)cc(O)c2C(=O)O1. The number of urea groups is 1. The Labute approximate surface area is 324 Å². The van der Waals surface area contributed by atoms with Crippen LogP contribution in [0.15, 0.2) is 35.5 Å². The molecule has 4 aliphatic rings. The summed E-state index contributed by atoms with van der Waals surface area (Å²) in [6, 6.07) is 1.31. The standard InChI is InChI=1S/C37H50ClN5O10S/c1-22-16-24-17-23(24)6-2-3-7-25(18-26-33(36(48)53-22)28(44)19-29(45)34(26)38)43-52-20-32(47)40-11-13-51-15-14-50-12-10-39-31(46)9-5-4-8-30-35-27(21-54-30)41-37(49)42-35/h2-3,6-7,19,22-24,27,30,35,44-45H,4-5,8-18,20-21H2,1H3,(H,39,46)(H,40,47)(H2,41,42,49)/b6-2-,7-3+,43-25?/t22-,23+,24+,27+,30+,35+/m1/s1. The smallest absolute Gasteiger partial charge is 0.342 e. The molecule has 17 heteroatoms. The normalized spacial score (nSPS) is 26.6. The quantitative estimate of drug-likeness (QED) is 0.0584. The van der Waals surface area contributed by atoms with E-state index in [0.29, 0.717) is 56.3 Å². The van der Waals surface area contributed by atoms with Crippen LogP contribution in [-0.4, -0.2) is 115 Å². The molecule has 2 saturated heterocycles. The molecule has 3 heterocycles. The summed E-state index contributed by atoms with van der Waals surface area (Å²) < 4.78 is 16.6. The van der Waals surface area contributed by atoms with E-state index in [0.717, 1.165) is 37.5 Å². The molecule has 1 aromatic rings. The van der Waals surface area contributed by atoms with Crippen molar-refractivity contribution < 1.29 is 48.4 Å². The number of phenolic OH excluding ortho intramolecular Hbond substituents is 2. The number of nitrogens with zero attached hydrogens (tertiary/aromatic N) is 1. The van der Waals surface area contributed by atoms with E-state index >= 15 is 0 Å². The first-order valence-electron chi connectivity index (χ1n) is 18.4. The van der Waals surface area contributed by atoms with Gasteiger partial charge in [0.05, 0.1) is 55.3 Å². The van der Waals surface area contributed by atoms with Crippen LogP contribution in [0.2, 0.25) is 5.02 Å². The molecule has 4 amide bonds. The van der Waals surface area contributed by atoms with Crippen molar-refractivity contribution in [2.24, 2.45) is 17.0 Å². The van der Waals surface area contributed by atoms with E-state index in [9.17, 15) is 29.4 Å². The number of thioether (sulfide) groups is 1. The van der Waals surface area contributed by atoms with E-state index in [2.05, 4.69) is 32.5 Å². The predicted octanol–water partition coefficient (Wildman–Crippen LogP) is 3.36. The van der Waals surface area contributed by atoms with Gasteiger partial charge in [-0.3, -0.25) is 9.59 Å². The number of carbonyl (C=O) groups is 4. The van der Waals surface area contributed by atoms with Gasteiger partial charge in [-0.15, -0.1) is 0 Å². The second kappa shape index (κ2) is 20.6. The number of esters is 1. The summed E-state index contributed by atoms with van der Waals surface area (Å²) in [4.78, 5) is 54.4. The second-order valence-electron chi connectivity index (χ2n) is 13.8. The lowest BCUT2D eigenvalue weighted by molar-refractivity contribution is -0.126. The van der Waals surface area contributed by atoms with Crippen molar-refractivity contribution in [2.45, 2.75) is 75.3 Å². The number of halogens is 1. The molecule has 3 aliphatic heterocycles. The third-order valence-electron chi connectivity index (χ3n) is 9.53. The van der Waals surface area contributed by atoms with Crippen LogP contribution < -0.4 is 21.3 Å². The lowest BCUT2D eigenvalue weighted by atomic mass is 9.99. The largest absolute Gasteiger partial charge is 0.507 e. The Morgan fingerprint density at radius 1 is 1.02 bits per heavy atom. The number of phenols is 2. The van der Waals surface area contributed by atoms with E-state index in [1.807, 2.05) is 17.8 Å². The summed E-state index contributed by atoms with van der Waals surface area (Å²) in [6.45, 7) is 3.30. The number of nitrogens with one attached hydrogen (secondary N) is 4. The monoisotopic (exact) mass is 791 g/mol. The molecule has 54 heavy (non-hydrogen) atoms. The maximum atomic E-state index is 13.1. The van der Waals surface area contributed by atoms with E-state index in [1.165, 1.54) is 0 Å². The number of benzene rings is 1. The zero-order valence-electron chi connectivity index (χ0n) is 30.4. The Morgan fingerprint density at radius 3 is 2.56 bits per heavy atom. The summed E-state index contributed by atoms with van der Waals surface area (Å²) in [5.41, 5.74) is 0.218. The molecule has 5 rings (SSSR count). The van der Waals surface area contributed by atoms with Gasteiger partial charge < -0.3 is 50.5 Å². The van der Waals surface area contributed by atoms with Gasteiger partial charge in [-0.1, -0.05) is 41.4 Å². The summed E-state index contributed by atoms with van der Waals surface area (Å²) in [6.07, 6.45) is 11.7. The fraction of sp³-hybridized carbons (Fsp3) is 0.595. The third kappa shape index (κ3) is 12.5. The molecule has 0 aromatic heterocycles. The van der Waals surface area contributed by atoms with Gasteiger partial charge in [-0.2, -0.15) is 11.8 Å². The second-order valence-corrected chi connectivity index (χ2v) is 15.4. The van der Waals surface area contributed by atoms with Crippen LogP contribution in [0.5, 0.6) is 11.5 Å². The van der Waals surface area contributed by atoms with E-state index in [1.54, 1.807) is 19.1 Å². The molecule has 1 aromatic carbocycles. The molecule has 296 valence electrons. The highest BCUT2D eigenvalue weighted by molar-refractivity contribution is 8.00. The number of carbonyl (C=O) groups excluding carboxylic acids is 4. The maximum absolute atomic E-state index is 13.1. The summed E-state index contributed by atoms with van der Waals surface area (Å²) in [5.74, 6) is -0.402. The van der Waals surface area contributed by atoms with Gasteiger partial charge in [0.2, 0.25) is 5.91 Å². The van der Waals surface area contributed by atoms with Crippen molar-refractivity contribution in [1.29, 1.82) is 0 Å². The first-order chi connectivity index (χ1) is 26.1. The molecule has 6 N–H and O–H groups in total. The molecule has 1 aliphatic carbocycles. The lowest BCUT2D eigenvalue weighted by Gasteiger charge is -2.17. The molecule has 15 nitrogen and oxygen atoms in total. The molecule has 0 spiro atoms. The molecular weight excluding hydrogens is 742 g/mol. The predicted molar refractivity (Wildman–Crippen MR) is 203 cm³/mol. The van der Waals surface area contributed by atoms with Gasteiger partial charge in [-0.05, 0) is 56.1 Å². The van der Waals surface area contributed by atoms with E-state index < -0.39 is 36.1 Å². The van der Waals surface area contributed by atoms with Gasteiger partial charge in [0.25, 0.3) is 5.91 Å². The number of hydrogen-bond acceptors (Lipinski definition) is 12. The summed E-state index contributed by atoms with van der Waals surface area (Å²) in [5, 5.41) is 36.7. The van der Waals surface area contributed by atoms with Crippen molar-refractivity contribution in [3.8, 4) is 11.5 Å². The molecule has 6 atom stereocenters. The Kier molecular flexibility index (Phi) is 15.7. The van der Waals surface area contributed by atoms with Crippen molar-refractivity contribution in [2.75, 3.05) is 51.9 Å². The van der Waals surface area contributed by atoms with E-state index in [4.69, 9.17) is 30.6 Å². The third-order valence-corrected chi connectivity index (χ3v) is 11.5. The number of fused-ring (bicyclic) bond motifs is 3. The van der Waals surface area contributed by atoms with Crippen molar-refractivity contribution in [3.63, 3.8) is 0 Å². The molecular formula is C37H50ClN5O10S. The lowest BCUT2D eigenvalue weighted by Crippen LogP contribution is -2.36. The van der Waals surface area contributed by atoms with Crippen molar-refractivity contribution in [3.05, 3.63) is 46.5 Å². The van der Waals surface area contributed by atoms with Crippen LogP contribution in [0, 0.1) is 11.8 Å². The van der Waals surface area contributed by atoms with Crippen LogP contribution in [0.1, 0.15) is 61.4 Å². The zero-order valence-corrected chi connectivity index (χ0v) is 31.9. The summed E-state index contributed by atoms with van der Waals surface area (Å²) >= 11 is 8.26. The summed E-state index contributed by atoms with van der Waals surface area (Å²) in [7, 11) is 0. The minimum absolute atomic E-state index is 0.0119. The number of rotatable bonds is 17. The fourth-order valence-corrected chi connectivity index (χ4v) is 8.44. The first kappa shape index (κ1) is 41.2. The number of allylic oxidation sites excluding steroid dienone is 4. The van der Waals surface area contributed by atoms with Crippen LogP contribution in [0.4, 0.5) is 4.79 Å². The Bertz CT molecular complexity index is 1590. The number of ether oxygens (including phenoxy) is 3. The molecule has 0 unspecified atom stereocenters. The molecule has 0 bridgehead atoms. The Balaban J connectivity index is 0.938. The number of amides is 4. The van der Waals surface area contributed by atoms with Crippen molar-refractivity contribution in [1.82, 2.24) is 21.3 Å². The van der Waals surface area contributed by atoms with Crippen molar-refractivity contribution >= 4 is 52.9 Å². The number of oxime groups is 1. The van der Waals surface area contributed by atoms with E-state index in [-0.39, 0.29) is 65.5 Å². The zero-order chi connectivity index (χ0) is 38.5. The van der Waals surface area contributed by atoms with Gasteiger partial charge >= 0.3 is 12.0 Å². The average molecular weight is 792 g/mol. The molecule has 3 fully saturated rings. The highest BCUT2D eigenvalue weighted by atomic mass is 35.5. The Morgan fingerprint density at radius 2 is 1.78 bits per heavy atom. The number of cyclic esters (lactones) is 1. The fourth-order valence-electron chi connectivity index (χ4n) is 6.68. The first-order valence-corrected chi connectivity index (χ1v) is 19.9. The average Bonchev–Trinajstić information content (AvgIpc) is 3.58. The Hall–Kier alpha value is -3.99. The van der Waals surface area contributed by atoms with Gasteiger partial charge in [0.1, 0.15) is 17.1 Å². The number of unbranched alkanes of at least 4 members (excludes halogenated alkanes) is 1. The number of aromatic hydroxyl groups is 2. The van der Waals surface area contributed by atoms with Gasteiger partial charge in [0.15, 0.2) is 6.61 Å². The number of hydrogen-bond donors (Lipinski definition) is 6. The highest BCUT2D eigenvalue weighted by Gasteiger charge is 2.42.